The van der Waals surface area contributed by atoms with E-state index in [1.165, 1.54) is 0 Å². The van der Waals surface area contributed by atoms with Crippen LogP contribution in [-0.2, 0) is 6.54 Å². The minimum absolute atomic E-state index is 0.170. The first-order valence-corrected chi connectivity index (χ1v) is 10.4. The third-order valence-electron chi connectivity index (χ3n) is 5.43. The molecule has 0 amide bonds. The van der Waals surface area contributed by atoms with Crippen molar-refractivity contribution in [3.8, 4) is 11.5 Å². The monoisotopic (exact) mass is 419 g/mol. The van der Waals surface area contributed by atoms with Crippen LogP contribution >= 0.6 is 0 Å². The summed E-state index contributed by atoms with van der Waals surface area (Å²) in [5, 5.41) is 17.9. The van der Waals surface area contributed by atoms with E-state index >= 15 is 0 Å². The van der Waals surface area contributed by atoms with Gasteiger partial charge < -0.3 is 19.5 Å². The molecule has 1 saturated carbocycles. The molecular weight excluding hydrogens is 394 g/mol. The summed E-state index contributed by atoms with van der Waals surface area (Å²) in [7, 11) is 1.62. The van der Waals surface area contributed by atoms with Gasteiger partial charge in [-0.25, -0.2) is 4.79 Å². The van der Waals surface area contributed by atoms with Crippen LogP contribution in [0.4, 0.5) is 11.4 Å². The van der Waals surface area contributed by atoms with Gasteiger partial charge in [0, 0.05) is 18.0 Å². The second-order valence-corrected chi connectivity index (χ2v) is 7.48. The number of hydrogen-bond donors (Lipinski definition) is 1. The molecule has 4 rings (SSSR count). The highest BCUT2D eigenvalue weighted by atomic mass is 16.5. The standard InChI is InChI=1S/C24H25N3O4/c1-30-22-13-12-18(15-23(22)31-19-8-2-3-9-19)27(16-17-7-6-14-25-26-17)21-11-5-4-10-20(21)24(28)29/h4-7,10-15,19H,2-3,8-9,16H2,1H3,(H,28,29). The Bertz CT molecular complexity index is 1040. The van der Waals surface area contributed by atoms with E-state index in [2.05, 4.69) is 10.2 Å². The minimum Gasteiger partial charge on any atom is -0.493 e. The van der Waals surface area contributed by atoms with Gasteiger partial charge in [0.05, 0.1) is 36.7 Å². The number of methoxy groups -OCH3 is 1. The zero-order valence-electron chi connectivity index (χ0n) is 17.4. The van der Waals surface area contributed by atoms with Crippen LogP contribution in [0.3, 0.4) is 0 Å². The maximum Gasteiger partial charge on any atom is 0.337 e. The van der Waals surface area contributed by atoms with Gasteiger partial charge in [-0.15, -0.1) is 0 Å². The third kappa shape index (κ3) is 4.77. The van der Waals surface area contributed by atoms with Gasteiger partial charge in [0.15, 0.2) is 11.5 Å². The number of hydrogen-bond acceptors (Lipinski definition) is 6. The summed E-state index contributed by atoms with van der Waals surface area (Å²) in [6.45, 7) is 0.354. The first-order chi connectivity index (χ1) is 15.2. The molecule has 0 aliphatic heterocycles. The van der Waals surface area contributed by atoms with Crippen molar-refractivity contribution < 1.29 is 19.4 Å². The number of carbonyl (C=O) groups is 1. The first-order valence-electron chi connectivity index (χ1n) is 10.4. The molecule has 1 aliphatic rings. The van der Waals surface area contributed by atoms with Crippen LogP contribution in [-0.4, -0.2) is 34.5 Å². The Labute approximate surface area is 181 Å². The average Bonchev–Trinajstić information content (AvgIpc) is 3.31. The fourth-order valence-electron chi connectivity index (χ4n) is 3.90. The number of carboxylic acid groups (broad SMARTS) is 1. The summed E-state index contributed by atoms with van der Waals surface area (Å²) in [4.78, 5) is 13.8. The van der Waals surface area contributed by atoms with E-state index in [0.29, 0.717) is 23.7 Å². The molecular formula is C24H25N3O4. The lowest BCUT2D eigenvalue weighted by atomic mass is 10.1. The fraction of sp³-hybridized carbons (Fsp3) is 0.292. The quantitative estimate of drug-likeness (QED) is 0.559. The predicted molar refractivity (Wildman–Crippen MR) is 117 cm³/mol. The van der Waals surface area contributed by atoms with Crippen LogP contribution in [0, 0.1) is 0 Å². The number of rotatable bonds is 8. The van der Waals surface area contributed by atoms with Crippen LogP contribution in [0.1, 0.15) is 41.7 Å². The molecule has 2 aromatic carbocycles. The molecule has 0 bridgehead atoms. The lowest BCUT2D eigenvalue weighted by Gasteiger charge is -2.27. The molecule has 0 radical (unpaired) electrons. The Morgan fingerprint density at radius 2 is 1.90 bits per heavy atom. The Morgan fingerprint density at radius 1 is 1.10 bits per heavy atom. The molecule has 0 spiro atoms. The van der Waals surface area contributed by atoms with Gasteiger partial charge in [-0.05, 0) is 62.1 Å². The maximum absolute atomic E-state index is 11.9. The summed E-state index contributed by atoms with van der Waals surface area (Å²) in [5.74, 6) is 0.321. The molecule has 7 nitrogen and oxygen atoms in total. The SMILES string of the molecule is COc1ccc(N(Cc2cccnn2)c2ccccc2C(=O)O)cc1OC1CCCC1. The van der Waals surface area contributed by atoms with Gasteiger partial charge >= 0.3 is 5.97 Å². The van der Waals surface area contributed by atoms with E-state index in [4.69, 9.17) is 9.47 Å². The summed E-state index contributed by atoms with van der Waals surface area (Å²) >= 11 is 0. The molecule has 1 aliphatic carbocycles. The fourth-order valence-corrected chi connectivity index (χ4v) is 3.90. The Balaban J connectivity index is 1.77. The lowest BCUT2D eigenvalue weighted by Crippen LogP contribution is -2.20. The van der Waals surface area contributed by atoms with E-state index in [-0.39, 0.29) is 11.7 Å². The zero-order chi connectivity index (χ0) is 21.6. The van der Waals surface area contributed by atoms with Gasteiger partial charge in [-0.3, -0.25) is 0 Å². The van der Waals surface area contributed by atoms with Crippen molar-refractivity contribution in [3.63, 3.8) is 0 Å². The zero-order valence-corrected chi connectivity index (χ0v) is 17.4. The molecule has 1 N–H and O–H groups in total. The molecule has 0 atom stereocenters. The lowest BCUT2D eigenvalue weighted by molar-refractivity contribution is 0.0697. The Morgan fingerprint density at radius 3 is 2.61 bits per heavy atom. The first kappa shape index (κ1) is 20.7. The second-order valence-electron chi connectivity index (χ2n) is 7.48. The van der Waals surface area contributed by atoms with Gasteiger partial charge in [0.25, 0.3) is 0 Å². The van der Waals surface area contributed by atoms with E-state index in [1.807, 2.05) is 41.3 Å². The van der Waals surface area contributed by atoms with E-state index in [0.717, 1.165) is 37.1 Å². The highest BCUT2D eigenvalue weighted by Gasteiger charge is 2.22. The van der Waals surface area contributed by atoms with Crippen molar-refractivity contribution in [2.75, 3.05) is 12.0 Å². The van der Waals surface area contributed by atoms with Gasteiger partial charge in [0.2, 0.25) is 0 Å². The summed E-state index contributed by atoms with van der Waals surface area (Å²) < 4.78 is 11.8. The molecule has 160 valence electrons. The van der Waals surface area contributed by atoms with Crippen molar-refractivity contribution in [1.29, 1.82) is 0 Å². The largest absolute Gasteiger partial charge is 0.493 e. The summed E-state index contributed by atoms with van der Waals surface area (Å²) in [6.07, 6.45) is 6.16. The maximum atomic E-state index is 11.9. The number of ether oxygens (including phenoxy) is 2. The third-order valence-corrected chi connectivity index (χ3v) is 5.43. The minimum atomic E-state index is -0.990. The molecule has 0 saturated heterocycles. The van der Waals surface area contributed by atoms with Crippen LogP contribution < -0.4 is 14.4 Å². The normalized spacial score (nSPS) is 13.7. The van der Waals surface area contributed by atoms with Crippen LogP contribution in [0.2, 0.25) is 0 Å². The number of aromatic nitrogens is 2. The van der Waals surface area contributed by atoms with E-state index < -0.39 is 5.97 Å². The van der Waals surface area contributed by atoms with Crippen molar-refractivity contribution in [3.05, 3.63) is 72.1 Å². The van der Waals surface area contributed by atoms with Gasteiger partial charge in [-0.2, -0.15) is 10.2 Å². The van der Waals surface area contributed by atoms with Crippen LogP contribution in [0.15, 0.2) is 60.8 Å². The van der Waals surface area contributed by atoms with E-state index in [1.54, 1.807) is 31.5 Å². The topological polar surface area (TPSA) is 84.8 Å². The average molecular weight is 419 g/mol. The van der Waals surface area contributed by atoms with Crippen LogP contribution in [0.5, 0.6) is 11.5 Å². The van der Waals surface area contributed by atoms with Gasteiger partial charge in [-0.1, -0.05) is 12.1 Å². The molecule has 1 heterocycles. The highest BCUT2D eigenvalue weighted by molar-refractivity contribution is 5.95. The van der Waals surface area contributed by atoms with E-state index in [9.17, 15) is 9.90 Å². The second kappa shape index (κ2) is 9.47. The van der Waals surface area contributed by atoms with Crippen molar-refractivity contribution in [2.24, 2.45) is 0 Å². The predicted octanol–water partition coefficient (Wildman–Crippen LogP) is 4.84. The summed E-state index contributed by atoms with van der Waals surface area (Å²) in [6, 6.07) is 16.3. The highest BCUT2D eigenvalue weighted by Crippen LogP contribution is 2.38. The smallest absolute Gasteiger partial charge is 0.337 e. The van der Waals surface area contributed by atoms with Crippen LogP contribution in [0.25, 0.3) is 0 Å². The molecule has 0 unspecified atom stereocenters. The number of aromatic carboxylic acids is 1. The van der Waals surface area contributed by atoms with Gasteiger partial charge in [0.1, 0.15) is 0 Å². The van der Waals surface area contributed by atoms with Crippen molar-refractivity contribution in [1.82, 2.24) is 10.2 Å². The number of para-hydroxylation sites is 1. The number of carboxylic acids is 1. The number of anilines is 2. The molecule has 1 fully saturated rings. The molecule has 3 aromatic rings. The molecule has 7 heteroatoms. The van der Waals surface area contributed by atoms with Crippen molar-refractivity contribution >= 4 is 17.3 Å². The van der Waals surface area contributed by atoms with Crippen molar-refractivity contribution in [2.45, 2.75) is 38.3 Å². The Kier molecular flexibility index (Phi) is 6.31. The summed E-state index contributed by atoms with van der Waals surface area (Å²) in [5.41, 5.74) is 2.28. The Hall–Kier alpha value is -3.61. The number of nitrogens with zero attached hydrogens (tertiary/aromatic N) is 3. The molecule has 31 heavy (non-hydrogen) atoms. The molecule has 1 aromatic heterocycles. The number of benzene rings is 2.